The second kappa shape index (κ2) is 5.61. The van der Waals surface area contributed by atoms with Gasteiger partial charge in [0.2, 0.25) is 0 Å². The lowest BCUT2D eigenvalue weighted by molar-refractivity contribution is -0.127. The number of methoxy groups -OCH3 is 1. The zero-order chi connectivity index (χ0) is 15.8. The highest BCUT2D eigenvalue weighted by molar-refractivity contribution is 5.83. The Balaban J connectivity index is 1.38. The van der Waals surface area contributed by atoms with Crippen molar-refractivity contribution in [1.29, 1.82) is 0 Å². The van der Waals surface area contributed by atoms with Crippen LogP contribution in [0.25, 0.3) is 0 Å². The van der Waals surface area contributed by atoms with Gasteiger partial charge in [-0.05, 0) is 29.7 Å². The fourth-order valence-corrected chi connectivity index (χ4v) is 3.27. The van der Waals surface area contributed by atoms with Crippen molar-refractivity contribution in [2.75, 3.05) is 7.11 Å². The van der Waals surface area contributed by atoms with Gasteiger partial charge in [-0.1, -0.05) is 36.4 Å². The summed E-state index contributed by atoms with van der Waals surface area (Å²) in [6.45, 7) is 0. The normalized spacial score (nSPS) is 24.5. The Morgan fingerprint density at radius 3 is 2.78 bits per heavy atom. The molecule has 4 heteroatoms. The molecule has 2 aromatic rings. The molecule has 4 nitrogen and oxygen atoms in total. The third-order valence-electron chi connectivity index (χ3n) is 4.60. The Labute approximate surface area is 135 Å². The molecule has 0 bridgehead atoms. The molecule has 23 heavy (non-hydrogen) atoms. The van der Waals surface area contributed by atoms with Crippen LogP contribution in [-0.2, 0) is 11.2 Å². The molecule has 2 aromatic carbocycles. The van der Waals surface area contributed by atoms with Gasteiger partial charge in [0.25, 0.3) is 5.91 Å². The van der Waals surface area contributed by atoms with Crippen LogP contribution >= 0.6 is 0 Å². The molecule has 1 aliphatic carbocycles. The summed E-state index contributed by atoms with van der Waals surface area (Å²) >= 11 is 0. The number of fused-ring (bicyclic) bond motifs is 1. The summed E-state index contributed by atoms with van der Waals surface area (Å²) in [6, 6.07) is 16.0. The highest BCUT2D eigenvalue weighted by atomic mass is 16.5. The van der Waals surface area contributed by atoms with Crippen LogP contribution in [0, 0.1) is 0 Å². The summed E-state index contributed by atoms with van der Waals surface area (Å²) in [5.41, 5.74) is 2.26. The molecule has 0 radical (unpaired) electrons. The maximum Gasteiger partial charge on any atom is 0.261 e. The van der Waals surface area contributed by atoms with E-state index in [1.807, 2.05) is 42.5 Å². The minimum Gasteiger partial charge on any atom is -0.496 e. The highest BCUT2D eigenvalue weighted by Gasteiger charge is 2.42. The lowest BCUT2D eigenvalue weighted by Gasteiger charge is -2.12. The Morgan fingerprint density at radius 2 is 1.96 bits per heavy atom. The van der Waals surface area contributed by atoms with Crippen molar-refractivity contribution in [3.8, 4) is 11.5 Å². The monoisotopic (exact) mass is 309 g/mol. The summed E-state index contributed by atoms with van der Waals surface area (Å²) in [4.78, 5) is 12.4. The topological polar surface area (TPSA) is 47.6 Å². The molecule has 1 aliphatic heterocycles. The molecular weight excluding hydrogens is 290 g/mol. The van der Waals surface area contributed by atoms with E-state index >= 15 is 0 Å². The van der Waals surface area contributed by atoms with Gasteiger partial charge in [0.15, 0.2) is 6.10 Å². The summed E-state index contributed by atoms with van der Waals surface area (Å²) in [5.74, 6) is 2.02. The predicted molar refractivity (Wildman–Crippen MR) is 86.8 cm³/mol. The van der Waals surface area contributed by atoms with E-state index < -0.39 is 6.10 Å². The molecule has 0 spiro atoms. The SMILES string of the molecule is COc1ccccc1[C@@H]1C[C@@H]1NC(=O)[C@H]1Cc2ccccc2O1. The van der Waals surface area contributed by atoms with E-state index in [9.17, 15) is 4.79 Å². The van der Waals surface area contributed by atoms with Crippen LogP contribution in [0.1, 0.15) is 23.5 Å². The number of amides is 1. The number of hydrogen-bond donors (Lipinski definition) is 1. The third-order valence-corrected chi connectivity index (χ3v) is 4.60. The highest BCUT2D eigenvalue weighted by Crippen LogP contribution is 2.44. The second-order valence-electron chi connectivity index (χ2n) is 6.12. The van der Waals surface area contributed by atoms with Crippen LogP contribution in [0.3, 0.4) is 0 Å². The number of carbonyl (C=O) groups excluding carboxylic acids is 1. The van der Waals surface area contributed by atoms with Crippen molar-refractivity contribution in [3.63, 3.8) is 0 Å². The summed E-state index contributed by atoms with van der Waals surface area (Å²) in [5, 5.41) is 3.11. The number of benzene rings is 2. The molecule has 1 amide bonds. The molecule has 1 N–H and O–H groups in total. The average Bonchev–Trinajstić information content (AvgIpc) is 3.20. The van der Waals surface area contributed by atoms with Gasteiger partial charge in [-0.2, -0.15) is 0 Å². The van der Waals surface area contributed by atoms with Gasteiger partial charge >= 0.3 is 0 Å². The number of rotatable bonds is 4. The summed E-state index contributed by atoms with van der Waals surface area (Å²) < 4.78 is 11.2. The van der Waals surface area contributed by atoms with Gasteiger partial charge in [-0.15, -0.1) is 0 Å². The minimum atomic E-state index is -0.411. The van der Waals surface area contributed by atoms with Crippen molar-refractivity contribution in [1.82, 2.24) is 5.32 Å². The van der Waals surface area contributed by atoms with Crippen LogP contribution in [0.4, 0.5) is 0 Å². The molecule has 2 aliphatic rings. The number of para-hydroxylation sites is 2. The van der Waals surface area contributed by atoms with Crippen LogP contribution < -0.4 is 14.8 Å². The summed E-state index contributed by atoms with van der Waals surface area (Å²) in [6.07, 6.45) is 1.19. The first kappa shape index (κ1) is 14.1. The van der Waals surface area contributed by atoms with Gasteiger partial charge in [-0.3, -0.25) is 4.79 Å². The van der Waals surface area contributed by atoms with Crippen LogP contribution in [-0.4, -0.2) is 25.2 Å². The van der Waals surface area contributed by atoms with Crippen molar-refractivity contribution in [2.24, 2.45) is 0 Å². The van der Waals surface area contributed by atoms with Crippen molar-refractivity contribution in [3.05, 3.63) is 59.7 Å². The van der Waals surface area contributed by atoms with E-state index in [0.29, 0.717) is 12.3 Å². The second-order valence-corrected chi connectivity index (χ2v) is 6.12. The first-order valence-electron chi connectivity index (χ1n) is 7.94. The maximum absolute atomic E-state index is 12.4. The fourth-order valence-electron chi connectivity index (χ4n) is 3.27. The zero-order valence-electron chi connectivity index (χ0n) is 13.0. The van der Waals surface area contributed by atoms with Crippen molar-refractivity contribution in [2.45, 2.75) is 30.9 Å². The maximum atomic E-state index is 12.4. The number of ether oxygens (including phenoxy) is 2. The van der Waals surface area contributed by atoms with Crippen LogP contribution in [0.2, 0.25) is 0 Å². The van der Waals surface area contributed by atoms with Crippen molar-refractivity contribution >= 4 is 5.91 Å². The predicted octanol–water partition coefficient (Wildman–Crippen LogP) is 2.67. The van der Waals surface area contributed by atoms with E-state index in [2.05, 4.69) is 11.4 Å². The molecule has 0 saturated heterocycles. The smallest absolute Gasteiger partial charge is 0.261 e. The van der Waals surface area contributed by atoms with E-state index in [-0.39, 0.29) is 11.9 Å². The Morgan fingerprint density at radius 1 is 1.17 bits per heavy atom. The van der Waals surface area contributed by atoms with Gasteiger partial charge < -0.3 is 14.8 Å². The molecule has 3 atom stereocenters. The third kappa shape index (κ3) is 2.65. The molecular formula is C19H19NO3. The lowest BCUT2D eigenvalue weighted by Crippen LogP contribution is -2.39. The molecule has 0 unspecified atom stereocenters. The molecule has 118 valence electrons. The summed E-state index contributed by atoms with van der Waals surface area (Å²) in [7, 11) is 1.68. The number of carbonyl (C=O) groups is 1. The molecule has 1 saturated carbocycles. The first-order valence-corrected chi connectivity index (χ1v) is 7.94. The van der Waals surface area contributed by atoms with Gasteiger partial charge in [-0.25, -0.2) is 0 Å². The van der Waals surface area contributed by atoms with Crippen LogP contribution in [0.15, 0.2) is 48.5 Å². The van der Waals surface area contributed by atoms with E-state index in [4.69, 9.17) is 9.47 Å². The standard InChI is InChI=1S/C19H19NO3/c1-22-17-9-5-3-7-13(17)14-11-15(14)20-19(21)18-10-12-6-2-4-8-16(12)23-18/h2-9,14-15,18H,10-11H2,1H3,(H,20,21)/t14-,15-,18+/m0/s1. The molecule has 1 fully saturated rings. The van der Waals surface area contributed by atoms with Gasteiger partial charge in [0, 0.05) is 18.4 Å². The van der Waals surface area contributed by atoms with Crippen molar-refractivity contribution < 1.29 is 14.3 Å². The number of nitrogens with one attached hydrogen (secondary N) is 1. The van der Waals surface area contributed by atoms with E-state index in [1.54, 1.807) is 7.11 Å². The fraction of sp³-hybridized carbons (Fsp3) is 0.316. The lowest BCUT2D eigenvalue weighted by atomic mass is 10.1. The average molecular weight is 309 g/mol. The zero-order valence-corrected chi connectivity index (χ0v) is 13.0. The number of hydrogen-bond acceptors (Lipinski definition) is 3. The van der Waals surface area contributed by atoms with E-state index in [1.165, 1.54) is 0 Å². The molecule has 4 rings (SSSR count). The largest absolute Gasteiger partial charge is 0.496 e. The Hall–Kier alpha value is -2.49. The van der Waals surface area contributed by atoms with Gasteiger partial charge in [0.1, 0.15) is 11.5 Å². The Kier molecular flexibility index (Phi) is 3.45. The van der Waals surface area contributed by atoms with Crippen LogP contribution in [0.5, 0.6) is 11.5 Å². The minimum absolute atomic E-state index is 0.0244. The molecule has 0 aromatic heterocycles. The molecule has 1 heterocycles. The van der Waals surface area contributed by atoms with Gasteiger partial charge in [0.05, 0.1) is 7.11 Å². The quantitative estimate of drug-likeness (QED) is 0.944. The first-order chi connectivity index (χ1) is 11.3. The Bertz CT molecular complexity index is 718. The van der Waals surface area contributed by atoms with E-state index in [0.717, 1.165) is 29.0 Å².